The Morgan fingerprint density at radius 3 is 3.00 bits per heavy atom. The van der Waals surface area contributed by atoms with Crippen LogP contribution in [0.15, 0.2) is 27.4 Å². The molecule has 1 amide bonds. The molecule has 0 spiro atoms. The van der Waals surface area contributed by atoms with Gasteiger partial charge < -0.3 is 9.73 Å². The molecule has 1 saturated carbocycles. The third-order valence-corrected chi connectivity index (χ3v) is 4.12. The first-order valence-corrected chi connectivity index (χ1v) is 7.25. The van der Waals surface area contributed by atoms with Gasteiger partial charge in [0.2, 0.25) is 0 Å². The molecule has 2 N–H and O–H groups in total. The number of benzene rings is 1. The number of hydrogen-bond acceptors (Lipinski definition) is 3. The fourth-order valence-corrected chi connectivity index (χ4v) is 2.89. The molecular weight excluding hydrogens is 294 g/mol. The van der Waals surface area contributed by atoms with E-state index in [-0.39, 0.29) is 29.6 Å². The van der Waals surface area contributed by atoms with Gasteiger partial charge in [-0.2, -0.15) is 0 Å². The number of para-hydroxylation sites is 1. The van der Waals surface area contributed by atoms with Crippen LogP contribution in [0.3, 0.4) is 0 Å². The average molecular weight is 310 g/mol. The number of carbonyl (C=O) groups excluding carboxylic acids is 1. The van der Waals surface area contributed by atoms with Crippen molar-refractivity contribution >= 4 is 17.0 Å². The molecule has 7 heteroatoms. The smallest absolute Gasteiger partial charge is 0.408 e. The van der Waals surface area contributed by atoms with Gasteiger partial charge in [-0.1, -0.05) is 12.5 Å². The van der Waals surface area contributed by atoms with Crippen LogP contribution < -0.4 is 11.1 Å². The number of oxazole rings is 1. The van der Waals surface area contributed by atoms with E-state index in [0.717, 1.165) is 6.42 Å². The molecule has 2 aromatic rings. The Hall–Kier alpha value is -2.18. The number of alkyl halides is 2. The van der Waals surface area contributed by atoms with Crippen molar-refractivity contribution in [3.05, 3.63) is 34.3 Å². The average Bonchev–Trinajstić information content (AvgIpc) is 2.85. The summed E-state index contributed by atoms with van der Waals surface area (Å²) in [4.78, 5) is 25.8. The Bertz CT molecular complexity index is 751. The number of hydrogen-bond donors (Lipinski definition) is 2. The van der Waals surface area contributed by atoms with E-state index in [4.69, 9.17) is 4.42 Å². The SMILES string of the molecule is O=C(NCC1CCCCC1(F)F)c1cccc2oc(=O)[nH]c12. The summed E-state index contributed by atoms with van der Waals surface area (Å²) in [6.07, 6.45) is 1.55. The summed E-state index contributed by atoms with van der Waals surface area (Å²) in [5, 5.41) is 2.54. The Balaban J connectivity index is 1.75. The maximum atomic E-state index is 13.8. The minimum atomic E-state index is -2.73. The topological polar surface area (TPSA) is 75.1 Å². The van der Waals surface area contributed by atoms with Gasteiger partial charge in [0.05, 0.1) is 11.1 Å². The lowest BCUT2D eigenvalue weighted by Gasteiger charge is -2.31. The van der Waals surface area contributed by atoms with Gasteiger partial charge in [0, 0.05) is 18.9 Å². The van der Waals surface area contributed by atoms with Crippen molar-refractivity contribution < 1.29 is 18.0 Å². The Morgan fingerprint density at radius 2 is 2.23 bits per heavy atom. The summed E-state index contributed by atoms with van der Waals surface area (Å²) in [5.74, 6) is -4.73. The molecule has 5 nitrogen and oxygen atoms in total. The van der Waals surface area contributed by atoms with Crippen LogP contribution in [0.5, 0.6) is 0 Å². The predicted molar refractivity (Wildman–Crippen MR) is 76.1 cm³/mol. The Morgan fingerprint density at radius 1 is 1.41 bits per heavy atom. The lowest BCUT2D eigenvalue weighted by molar-refractivity contribution is -0.0835. The molecule has 1 aliphatic carbocycles. The largest absolute Gasteiger partial charge is 0.417 e. The summed E-state index contributed by atoms with van der Waals surface area (Å²) in [6, 6.07) is 4.64. The zero-order valence-corrected chi connectivity index (χ0v) is 11.8. The van der Waals surface area contributed by atoms with Gasteiger partial charge in [0.25, 0.3) is 11.8 Å². The quantitative estimate of drug-likeness (QED) is 0.915. The molecular formula is C15H16F2N2O3. The first kappa shape index (κ1) is 14.7. The zero-order chi connectivity index (χ0) is 15.7. The second kappa shape index (κ2) is 5.55. The molecule has 0 saturated heterocycles. The van der Waals surface area contributed by atoms with Gasteiger partial charge in [0.1, 0.15) is 0 Å². The first-order valence-electron chi connectivity index (χ1n) is 7.25. The third-order valence-electron chi connectivity index (χ3n) is 4.12. The lowest BCUT2D eigenvalue weighted by Crippen LogP contribution is -2.40. The molecule has 1 aliphatic rings. The number of carbonyl (C=O) groups is 1. The van der Waals surface area contributed by atoms with Crippen molar-refractivity contribution in [2.24, 2.45) is 5.92 Å². The van der Waals surface area contributed by atoms with Crippen molar-refractivity contribution in [2.45, 2.75) is 31.6 Å². The van der Waals surface area contributed by atoms with Gasteiger partial charge in [-0.25, -0.2) is 13.6 Å². The van der Waals surface area contributed by atoms with E-state index in [1.165, 1.54) is 6.07 Å². The third kappa shape index (κ3) is 2.75. The number of H-pyrrole nitrogens is 1. The highest BCUT2D eigenvalue weighted by atomic mass is 19.3. The van der Waals surface area contributed by atoms with E-state index in [1.54, 1.807) is 12.1 Å². The van der Waals surface area contributed by atoms with Gasteiger partial charge in [0.15, 0.2) is 5.58 Å². The molecule has 0 aliphatic heterocycles. The molecule has 0 bridgehead atoms. The molecule has 3 rings (SSSR count). The summed E-state index contributed by atoms with van der Waals surface area (Å²) in [7, 11) is 0. The van der Waals surface area contributed by atoms with Gasteiger partial charge in [-0.3, -0.25) is 9.78 Å². The van der Waals surface area contributed by atoms with Crippen molar-refractivity contribution in [3.63, 3.8) is 0 Å². The molecule has 1 heterocycles. The van der Waals surface area contributed by atoms with Crippen LogP contribution in [-0.2, 0) is 0 Å². The van der Waals surface area contributed by atoms with Crippen molar-refractivity contribution in [1.29, 1.82) is 0 Å². The highest BCUT2D eigenvalue weighted by Gasteiger charge is 2.41. The molecule has 1 fully saturated rings. The Kier molecular flexibility index (Phi) is 3.72. The second-order valence-electron chi connectivity index (χ2n) is 5.61. The highest BCUT2D eigenvalue weighted by molar-refractivity contribution is 6.04. The number of rotatable bonds is 3. The minimum absolute atomic E-state index is 0.0791. The summed E-state index contributed by atoms with van der Waals surface area (Å²) < 4.78 is 32.4. The highest BCUT2D eigenvalue weighted by Crippen LogP contribution is 2.37. The number of aromatic nitrogens is 1. The van der Waals surface area contributed by atoms with E-state index in [2.05, 4.69) is 10.3 Å². The van der Waals surface area contributed by atoms with Crippen LogP contribution in [0.1, 0.15) is 36.0 Å². The van der Waals surface area contributed by atoms with Crippen LogP contribution in [-0.4, -0.2) is 23.4 Å². The Labute approximate surface area is 124 Å². The standard InChI is InChI=1S/C15H16F2N2O3/c16-15(17)7-2-1-4-9(15)8-18-13(20)10-5-3-6-11-12(10)19-14(21)22-11/h3,5-6,9H,1-2,4,7-8H2,(H,18,20)(H,19,21). The normalized spacial score (nSPS) is 20.9. The number of halogens is 2. The maximum absolute atomic E-state index is 13.8. The lowest BCUT2D eigenvalue weighted by atomic mass is 9.85. The van der Waals surface area contributed by atoms with Gasteiger partial charge in [-0.15, -0.1) is 0 Å². The number of aromatic amines is 1. The van der Waals surface area contributed by atoms with Crippen molar-refractivity contribution in [2.75, 3.05) is 6.54 Å². The van der Waals surface area contributed by atoms with Gasteiger partial charge in [-0.05, 0) is 25.0 Å². The summed E-state index contributed by atoms with van der Waals surface area (Å²) >= 11 is 0. The van der Waals surface area contributed by atoms with Crippen LogP contribution in [0.4, 0.5) is 8.78 Å². The van der Waals surface area contributed by atoms with Crippen LogP contribution in [0.25, 0.3) is 11.1 Å². The van der Waals surface area contributed by atoms with E-state index in [9.17, 15) is 18.4 Å². The fourth-order valence-electron chi connectivity index (χ4n) is 2.89. The van der Waals surface area contributed by atoms with Crippen molar-refractivity contribution in [1.82, 2.24) is 10.3 Å². The monoisotopic (exact) mass is 310 g/mol. The van der Waals surface area contributed by atoms with E-state index >= 15 is 0 Å². The van der Waals surface area contributed by atoms with Crippen molar-refractivity contribution in [3.8, 4) is 0 Å². The number of amides is 1. The fraction of sp³-hybridized carbons (Fsp3) is 0.467. The zero-order valence-electron chi connectivity index (χ0n) is 11.8. The number of nitrogens with one attached hydrogen (secondary N) is 2. The van der Waals surface area contributed by atoms with E-state index in [1.807, 2.05) is 0 Å². The molecule has 1 aromatic carbocycles. The second-order valence-corrected chi connectivity index (χ2v) is 5.61. The van der Waals surface area contributed by atoms with Gasteiger partial charge >= 0.3 is 5.76 Å². The number of fused-ring (bicyclic) bond motifs is 1. The van der Waals surface area contributed by atoms with Crippen LogP contribution in [0, 0.1) is 5.92 Å². The predicted octanol–water partition coefficient (Wildman–Crippen LogP) is 2.68. The minimum Gasteiger partial charge on any atom is -0.408 e. The van der Waals surface area contributed by atoms with Crippen LogP contribution >= 0.6 is 0 Å². The van der Waals surface area contributed by atoms with Crippen LogP contribution in [0.2, 0.25) is 0 Å². The molecule has 1 atom stereocenters. The molecule has 1 unspecified atom stereocenters. The molecule has 118 valence electrons. The molecule has 0 radical (unpaired) electrons. The van der Waals surface area contributed by atoms with E-state index < -0.39 is 23.5 Å². The summed E-state index contributed by atoms with van der Waals surface area (Å²) in [6.45, 7) is -0.0791. The molecule has 22 heavy (non-hydrogen) atoms. The summed E-state index contributed by atoms with van der Waals surface area (Å²) in [5.41, 5.74) is 0.753. The van der Waals surface area contributed by atoms with E-state index in [0.29, 0.717) is 12.8 Å². The maximum Gasteiger partial charge on any atom is 0.417 e. The first-order chi connectivity index (χ1) is 10.5. The molecule has 1 aromatic heterocycles.